The van der Waals surface area contributed by atoms with Crippen LogP contribution in [0.4, 0.5) is 0 Å². The molecule has 1 atom stereocenters. The van der Waals surface area contributed by atoms with Gasteiger partial charge in [-0.1, -0.05) is 28.1 Å². The molecule has 1 fully saturated rings. The smallest absolute Gasteiger partial charge is 0.227 e. The highest BCUT2D eigenvalue weighted by molar-refractivity contribution is 9.09. The largest absolute Gasteiger partial charge is 0.497 e. The minimum atomic E-state index is 0.138. The number of rotatable bonds is 4. The molecule has 1 aliphatic rings. The molecule has 2 rings (SSSR count). The zero-order valence-corrected chi connectivity index (χ0v) is 12.6. The topological polar surface area (TPSA) is 38.8 Å². The highest BCUT2D eigenvalue weighted by Crippen LogP contribution is 2.15. The molecule has 19 heavy (non-hydrogen) atoms. The predicted octanol–water partition coefficient (Wildman–Crippen LogP) is 1.86. The number of morpholine rings is 1. The highest BCUT2D eigenvalue weighted by Gasteiger charge is 2.26. The maximum atomic E-state index is 12.3. The number of hydrogen-bond acceptors (Lipinski definition) is 3. The highest BCUT2D eigenvalue weighted by atomic mass is 79.9. The molecule has 1 unspecified atom stereocenters. The van der Waals surface area contributed by atoms with E-state index in [1.165, 1.54) is 0 Å². The van der Waals surface area contributed by atoms with Gasteiger partial charge in [-0.15, -0.1) is 0 Å². The Bertz CT molecular complexity index is 421. The summed E-state index contributed by atoms with van der Waals surface area (Å²) in [6.45, 7) is 1.91. The number of halogens is 1. The van der Waals surface area contributed by atoms with Crippen LogP contribution in [-0.4, -0.2) is 49.0 Å². The Morgan fingerprint density at radius 2 is 2.21 bits per heavy atom. The maximum Gasteiger partial charge on any atom is 0.227 e. The van der Waals surface area contributed by atoms with Crippen LogP contribution >= 0.6 is 15.9 Å². The zero-order valence-electron chi connectivity index (χ0n) is 11.0. The Labute approximate surface area is 121 Å². The van der Waals surface area contributed by atoms with Gasteiger partial charge in [-0.25, -0.2) is 0 Å². The van der Waals surface area contributed by atoms with Crippen LogP contribution in [0.3, 0.4) is 0 Å². The van der Waals surface area contributed by atoms with Gasteiger partial charge in [-0.05, 0) is 17.7 Å². The fourth-order valence-electron chi connectivity index (χ4n) is 2.13. The third-order valence-corrected chi connectivity index (χ3v) is 3.99. The second kappa shape index (κ2) is 6.91. The summed E-state index contributed by atoms with van der Waals surface area (Å²) in [5.74, 6) is 0.957. The molecule has 4 nitrogen and oxygen atoms in total. The Morgan fingerprint density at radius 3 is 2.84 bits per heavy atom. The van der Waals surface area contributed by atoms with E-state index in [0.29, 0.717) is 26.2 Å². The molecule has 1 heterocycles. The number of carbonyl (C=O) groups is 1. The van der Waals surface area contributed by atoms with Crippen LogP contribution in [0.1, 0.15) is 5.56 Å². The molecule has 0 aromatic heterocycles. The van der Waals surface area contributed by atoms with Gasteiger partial charge >= 0.3 is 0 Å². The van der Waals surface area contributed by atoms with Gasteiger partial charge in [0.1, 0.15) is 5.75 Å². The summed E-state index contributed by atoms with van der Waals surface area (Å²) >= 11 is 3.43. The molecule has 0 bridgehead atoms. The second-order valence-electron chi connectivity index (χ2n) is 4.50. The normalized spacial score (nSPS) is 19.3. The molecule has 1 aromatic carbocycles. The predicted molar refractivity (Wildman–Crippen MR) is 76.8 cm³/mol. The Balaban J connectivity index is 1.98. The SMILES string of the molecule is COc1ccc(CC(=O)N2CCOCC2CBr)cc1. The number of ether oxygens (including phenoxy) is 2. The molecule has 1 aliphatic heterocycles. The minimum Gasteiger partial charge on any atom is -0.497 e. The maximum absolute atomic E-state index is 12.3. The monoisotopic (exact) mass is 327 g/mol. The summed E-state index contributed by atoms with van der Waals surface area (Å²) in [6.07, 6.45) is 0.424. The molecular weight excluding hydrogens is 310 g/mol. The van der Waals surface area contributed by atoms with Gasteiger partial charge in [-0.2, -0.15) is 0 Å². The van der Waals surface area contributed by atoms with Crippen LogP contribution in [0, 0.1) is 0 Å². The Morgan fingerprint density at radius 1 is 1.47 bits per heavy atom. The molecule has 0 radical (unpaired) electrons. The van der Waals surface area contributed by atoms with Crippen molar-refractivity contribution in [2.75, 3.05) is 32.2 Å². The van der Waals surface area contributed by atoms with Crippen molar-refractivity contribution >= 4 is 21.8 Å². The summed E-state index contributed by atoms with van der Waals surface area (Å²) < 4.78 is 10.5. The van der Waals surface area contributed by atoms with Gasteiger partial charge in [0.15, 0.2) is 0 Å². The van der Waals surface area contributed by atoms with Gasteiger partial charge in [0.2, 0.25) is 5.91 Å². The third kappa shape index (κ3) is 3.70. The van der Waals surface area contributed by atoms with Crippen molar-refractivity contribution in [3.8, 4) is 5.75 Å². The lowest BCUT2D eigenvalue weighted by Crippen LogP contribution is -2.50. The summed E-state index contributed by atoms with van der Waals surface area (Å²) in [7, 11) is 1.63. The zero-order chi connectivity index (χ0) is 13.7. The van der Waals surface area contributed by atoms with Crippen molar-refractivity contribution in [2.45, 2.75) is 12.5 Å². The molecule has 5 heteroatoms. The minimum absolute atomic E-state index is 0.138. The summed E-state index contributed by atoms with van der Waals surface area (Å²) in [6, 6.07) is 7.76. The lowest BCUT2D eigenvalue weighted by molar-refractivity contribution is -0.138. The first-order chi connectivity index (χ1) is 9.24. The molecule has 104 valence electrons. The number of benzene rings is 1. The van der Waals surface area contributed by atoms with Crippen LogP contribution < -0.4 is 4.74 Å². The molecule has 0 N–H and O–H groups in total. The van der Waals surface area contributed by atoms with Crippen molar-refractivity contribution in [2.24, 2.45) is 0 Å². The van der Waals surface area contributed by atoms with E-state index in [-0.39, 0.29) is 11.9 Å². The van der Waals surface area contributed by atoms with Gasteiger partial charge in [0.25, 0.3) is 0 Å². The first-order valence-electron chi connectivity index (χ1n) is 6.30. The van der Waals surface area contributed by atoms with Crippen LogP contribution in [0.5, 0.6) is 5.75 Å². The van der Waals surface area contributed by atoms with Crippen LogP contribution in [0.25, 0.3) is 0 Å². The summed E-state index contributed by atoms with van der Waals surface area (Å²) in [5.41, 5.74) is 1.01. The van der Waals surface area contributed by atoms with Gasteiger partial charge in [0.05, 0.1) is 32.8 Å². The van der Waals surface area contributed by atoms with Gasteiger partial charge in [0, 0.05) is 11.9 Å². The number of methoxy groups -OCH3 is 1. The van der Waals surface area contributed by atoms with Crippen LogP contribution in [0.2, 0.25) is 0 Å². The number of nitrogens with zero attached hydrogens (tertiary/aromatic N) is 1. The van der Waals surface area contributed by atoms with E-state index in [2.05, 4.69) is 15.9 Å². The average Bonchev–Trinajstić information content (AvgIpc) is 2.48. The lowest BCUT2D eigenvalue weighted by Gasteiger charge is -2.34. The number of alkyl halides is 1. The van der Waals surface area contributed by atoms with E-state index >= 15 is 0 Å². The Hall–Kier alpha value is -1.07. The Kier molecular flexibility index (Phi) is 5.22. The standard InChI is InChI=1S/C14H18BrNO3/c1-18-13-4-2-11(3-5-13)8-14(17)16-6-7-19-10-12(16)9-15/h2-5,12H,6-10H2,1H3. The second-order valence-corrected chi connectivity index (χ2v) is 5.14. The third-order valence-electron chi connectivity index (χ3n) is 3.24. The van der Waals surface area contributed by atoms with Crippen molar-refractivity contribution in [3.05, 3.63) is 29.8 Å². The summed E-state index contributed by atoms with van der Waals surface area (Å²) in [4.78, 5) is 14.2. The lowest BCUT2D eigenvalue weighted by atomic mass is 10.1. The molecule has 0 spiro atoms. The van der Waals surface area contributed by atoms with E-state index in [0.717, 1.165) is 16.6 Å². The quantitative estimate of drug-likeness (QED) is 0.792. The van der Waals surface area contributed by atoms with E-state index in [1.54, 1.807) is 7.11 Å². The van der Waals surface area contributed by atoms with Gasteiger partial charge < -0.3 is 14.4 Å². The van der Waals surface area contributed by atoms with Crippen LogP contribution in [-0.2, 0) is 16.0 Å². The number of carbonyl (C=O) groups excluding carboxylic acids is 1. The van der Waals surface area contributed by atoms with Crippen molar-refractivity contribution in [1.82, 2.24) is 4.90 Å². The van der Waals surface area contributed by atoms with Crippen LogP contribution in [0.15, 0.2) is 24.3 Å². The molecule has 0 saturated carbocycles. The molecule has 0 aliphatic carbocycles. The first-order valence-corrected chi connectivity index (χ1v) is 7.43. The number of amides is 1. The van der Waals surface area contributed by atoms with E-state index < -0.39 is 0 Å². The average molecular weight is 328 g/mol. The van der Waals surface area contributed by atoms with Crippen molar-refractivity contribution in [1.29, 1.82) is 0 Å². The first kappa shape index (κ1) is 14.3. The fourth-order valence-corrected chi connectivity index (χ4v) is 2.67. The molecule has 1 aromatic rings. The number of hydrogen-bond donors (Lipinski definition) is 0. The van der Waals surface area contributed by atoms with Crippen molar-refractivity contribution in [3.63, 3.8) is 0 Å². The van der Waals surface area contributed by atoms with Crippen molar-refractivity contribution < 1.29 is 14.3 Å². The van der Waals surface area contributed by atoms with E-state index in [1.807, 2.05) is 29.2 Å². The van der Waals surface area contributed by atoms with Gasteiger partial charge in [-0.3, -0.25) is 4.79 Å². The molecule has 1 saturated heterocycles. The molecular formula is C14H18BrNO3. The van der Waals surface area contributed by atoms with E-state index in [4.69, 9.17) is 9.47 Å². The fraction of sp³-hybridized carbons (Fsp3) is 0.500. The molecule has 1 amide bonds. The summed E-state index contributed by atoms with van der Waals surface area (Å²) in [5, 5.41) is 0.751. The van der Waals surface area contributed by atoms with E-state index in [9.17, 15) is 4.79 Å².